The lowest BCUT2D eigenvalue weighted by Gasteiger charge is -2.21. The number of rotatable bonds is 6. The Kier molecular flexibility index (Phi) is 5.27. The summed E-state index contributed by atoms with van der Waals surface area (Å²) < 4.78 is 0. The van der Waals surface area contributed by atoms with Gasteiger partial charge >= 0.3 is 0 Å². The third-order valence-electron chi connectivity index (χ3n) is 3.56. The number of hydrogen-bond donors (Lipinski definition) is 0. The first-order valence-electron chi connectivity index (χ1n) is 7.00. The van der Waals surface area contributed by atoms with Crippen molar-refractivity contribution in [3.05, 3.63) is 71.8 Å². The average Bonchev–Trinajstić information content (AvgIpc) is 2.54. The maximum absolute atomic E-state index is 12.3. The summed E-state index contributed by atoms with van der Waals surface area (Å²) in [5.41, 5.74) is 2.22. The van der Waals surface area contributed by atoms with Crippen LogP contribution >= 0.6 is 0 Å². The monoisotopic (exact) mass is 281 g/mol. The smallest absolute Gasteiger partial charge is 0.223 e. The van der Waals surface area contributed by atoms with Crippen molar-refractivity contribution in [2.45, 2.75) is 12.3 Å². The van der Waals surface area contributed by atoms with Crippen LogP contribution in [0.4, 0.5) is 0 Å². The molecule has 108 valence electrons. The van der Waals surface area contributed by atoms with Crippen molar-refractivity contribution in [3.63, 3.8) is 0 Å². The molecule has 0 N–H and O–H groups in total. The van der Waals surface area contributed by atoms with Gasteiger partial charge in [-0.1, -0.05) is 60.7 Å². The van der Waals surface area contributed by atoms with Crippen LogP contribution in [0.25, 0.3) is 0 Å². The normalized spacial score (nSPS) is 10.4. The topological polar surface area (TPSA) is 37.4 Å². The summed E-state index contributed by atoms with van der Waals surface area (Å²) in [6.07, 6.45) is 1.11. The van der Waals surface area contributed by atoms with E-state index < -0.39 is 0 Å². The van der Waals surface area contributed by atoms with Crippen LogP contribution < -0.4 is 0 Å². The van der Waals surface area contributed by atoms with Crippen molar-refractivity contribution in [2.75, 3.05) is 13.6 Å². The van der Waals surface area contributed by atoms with Gasteiger partial charge in [0.2, 0.25) is 5.91 Å². The Hall–Kier alpha value is -2.42. The fraction of sp³-hybridized carbons (Fsp3) is 0.222. The number of hydrogen-bond acceptors (Lipinski definition) is 2. The summed E-state index contributed by atoms with van der Waals surface area (Å²) in [5, 5.41) is 0. The number of carbonyl (C=O) groups is 2. The van der Waals surface area contributed by atoms with Gasteiger partial charge in [-0.25, -0.2) is 0 Å². The molecular weight excluding hydrogens is 262 g/mol. The molecule has 0 heterocycles. The predicted molar refractivity (Wildman–Crippen MR) is 83.0 cm³/mol. The highest BCUT2D eigenvalue weighted by Gasteiger charge is 2.19. The second kappa shape index (κ2) is 7.39. The zero-order valence-electron chi connectivity index (χ0n) is 12.1. The molecule has 0 unspecified atom stereocenters. The lowest BCUT2D eigenvalue weighted by molar-refractivity contribution is -0.131. The van der Waals surface area contributed by atoms with E-state index in [1.807, 2.05) is 60.7 Å². The van der Waals surface area contributed by atoms with Gasteiger partial charge < -0.3 is 9.69 Å². The summed E-state index contributed by atoms with van der Waals surface area (Å²) in [6, 6.07) is 20.0. The fourth-order valence-electron chi connectivity index (χ4n) is 2.34. The van der Waals surface area contributed by atoms with Crippen molar-refractivity contribution in [2.24, 2.45) is 0 Å². The lowest BCUT2D eigenvalue weighted by Crippen LogP contribution is -2.29. The van der Waals surface area contributed by atoms with Crippen molar-refractivity contribution in [1.82, 2.24) is 4.90 Å². The SMILES string of the molecule is CN(CC=O)C(=O)CC(c1ccccc1)c1ccccc1. The van der Waals surface area contributed by atoms with Gasteiger partial charge in [0.25, 0.3) is 0 Å². The molecule has 2 rings (SSSR count). The second-order valence-electron chi connectivity index (χ2n) is 5.02. The molecule has 2 aromatic carbocycles. The molecule has 0 aliphatic rings. The zero-order valence-corrected chi connectivity index (χ0v) is 12.1. The molecule has 21 heavy (non-hydrogen) atoms. The molecular formula is C18H19NO2. The number of aldehydes is 1. The van der Waals surface area contributed by atoms with Crippen molar-refractivity contribution in [3.8, 4) is 0 Å². The minimum absolute atomic E-state index is 0.00834. The molecule has 0 saturated heterocycles. The Morgan fingerprint density at radius 3 is 1.90 bits per heavy atom. The van der Waals surface area contributed by atoms with Crippen molar-refractivity contribution in [1.29, 1.82) is 0 Å². The molecule has 0 aromatic heterocycles. The van der Waals surface area contributed by atoms with Gasteiger partial charge in [-0.15, -0.1) is 0 Å². The molecule has 2 aromatic rings. The van der Waals surface area contributed by atoms with Gasteiger partial charge in [0.1, 0.15) is 6.29 Å². The lowest BCUT2D eigenvalue weighted by atomic mass is 9.88. The second-order valence-corrected chi connectivity index (χ2v) is 5.02. The first-order chi connectivity index (χ1) is 10.2. The molecule has 3 heteroatoms. The molecule has 0 radical (unpaired) electrons. The summed E-state index contributed by atoms with van der Waals surface area (Å²) in [4.78, 5) is 24.3. The first-order valence-corrected chi connectivity index (χ1v) is 7.00. The first kappa shape index (κ1) is 15.0. The summed E-state index contributed by atoms with van der Waals surface area (Å²) in [6.45, 7) is 0.134. The van der Waals surface area contributed by atoms with Crippen LogP contribution in [0.1, 0.15) is 23.5 Å². The Bertz CT molecular complexity index is 541. The van der Waals surface area contributed by atoms with E-state index in [0.717, 1.165) is 17.4 Å². The van der Waals surface area contributed by atoms with E-state index >= 15 is 0 Å². The van der Waals surface area contributed by atoms with E-state index in [4.69, 9.17) is 0 Å². The largest absolute Gasteiger partial charge is 0.339 e. The highest BCUT2D eigenvalue weighted by molar-refractivity contribution is 5.79. The molecule has 0 aliphatic carbocycles. The molecule has 0 saturated carbocycles. The Labute approximate surface area is 125 Å². The van der Waals surface area contributed by atoms with Gasteiger partial charge in [-0.2, -0.15) is 0 Å². The van der Waals surface area contributed by atoms with Gasteiger partial charge in [-0.05, 0) is 11.1 Å². The van der Waals surface area contributed by atoms with Gasteiger partial charge in [-0.3, -0.25) is 4.79 Å². The van der Waals surface area contributed by atoms with Crippen LogP contribution in [0.3, 0.4) is 0 Å². The molecule has 0 bridgehead atoms. The summed E-state index contributed by atoms with van der Waals surface area (Å²) in [7, 11) is 1.66. The van der Waals surface area contributed by atoms with Crippen LogP contribution in [0.5, 0.6) is 0 Å². The highest BCUT2D eigenvalue weighted by Crippen LogP contribution is 2.28. The molecule has 0 spiro atoms. The maximum atomic E-state index is 12.3. The van der Waals surface area contributed by atoms with Gasteiger partial charge in [0, 0.05) is 19.4 Å². The molecule has 0 aliphatic heterocycles. The minimum Gasteiger partial charge on any atom is -0.339 e. The Morgan fingerprint density at radius 1 is 1.00 bits per heavy atom. The van der Waals surface area contributed by atoms with E-state index in [2.05, 4.69) is 0 Å². The summed E-state index contributed by atoms with van der Waals surface area (Å²) in [5.74, 6) is -0.0196. The third kappa shape index (κ3) is 4.02. The molecule has 0 fully saturated rings. The quantitative estimate of drug-likeness (QED) is 0.764. The standard InChI is InChI=1S/C18H19NO2/c1-19(12-13-20)18(21)14-17(15-8-4-2-5-9-15)16-10-6-3-7-11-16/h2-11,13,17H,12,14H2,1H3. The van der Waals surface area contributed by atoms with E-state index in [1.165, 1.54) is 4.90 Å². The van der Waals surface area contributed by atoms with Crippen LogP contribution in [0.2, 0.25) is 0 Å². The fourth-order valence-corrected chi connectivity index (χ4v) is 2.34. The van der Waals surface area contributed by atoms with Crippen LogP contribution in [-0.4, -0.2) is 30.7 Å². The number of nitrogens with zero attached hydrogens (tertiary/aromatic N) is 1. The number of carbonyl (C=O) groups excluding carboxylic acids is 2. The molecule has 1 amide bonds. The van der Waals surface area contributed by atoms with E-state index in [1.54, 1.807) is 7.05 Å². The van der Waals surface area contributed by atoms with Crippen LogP contribution in [0.15, 0.2) is 60.7 Å². The Morgan fingerprint density at radius 2 is 1.48 bits per heavy atom. The zero-order chi connectivity index (χ0) is 15.1. The third-order valence-corrected chi connectivity index (χ3v) is 3.56. The van der Waals surface area contributed by atoms with Crippen molar-refractivity contribution >= 4 is 12.2 Å². The number of amides is 1. The van der Waals surface area contributed by atoms with E-state index in [9.17, 15) is 9.59 Å². The van der Waals surface area contributed by atoms with Crippen LogP contribution in [-0.2, 0) is 9.59 Å². The molecule has 0 atom stereocenters. The predicted octanol–water partition coefficient (Wildman–Crippen LogP) is 2.87. The minimum atomic E-state index is -0.0280. The summed E-state index contributed by atoms with van der Waals surface area (Å²) >= 11 is 0. The van der Waals surface area contributed by atoms with Crippen LogP contribution in [0, 0.1) is 0 Å². The average molecular weight is 281 g/mol. The highest BCUT2D eigenvalue weighted by atomic mass is 16.2. The van der Waals surface area contributed by atoms with E-state index in [0.29, 0.717) is 6.42 Å². The maximum Gasteiger partial charge on any atom is 0.223 e. The Balaban J connectivity index is 2.25. The van der Waals surface area contributed by atoms with E-state index in [-0.39, 0.29) is 18.4 Å². The number of benzene rings is 2. The number of likely N-dealkylation sites (N-methyl/N-ethyl adjacent to an activating group) is 1. The van der Waals surface area contributed by atoms with Gasteiger partial charge in [0.05, 0.1) is 6.54 Å². The van der Waals surface area contributed by atoms with Gasteiger partial charge in [0.15, 0.2) is 0 Å². The molecule has 3 nitrogen and oxygen atoms in total. The van der Waals surface area contributed by atoms with Crippen molar-refractivity contribution < 1.29 is 9.59 Å².